The first-order valence-corrected chi connectivity index (χ1v) is 42.7. The van der Waals surface area contributed by atoms with E-state index in [1.165, 1.54) is 118 Å². The molecule has 0 unspecified atom stereocenters. The zero-order chi connectivity index (χ0) is 83.9. The zero-order valence-electron chi connectivity index (χ0n) is 74.6. The molecule has 1 aromatic heterocycles. The van der Waals surface area contributed by atoms with Crippen LogP contribution in [-0.2, 0) is 63.2 Å². The van der Waals surface area contributed by atoms with E-state index in [0.29, 0.717) is 23.2 Å². The van der Waals surface area contributed by atoms with Crippen LogP contribution in [0, 0.1) is 58.6 Å². The Morgan fingerprint density at radius 2 is 0.679 bits per heavy atom. The maximum Gasteiger partial charge on any atom is 0.123 e. The molecule has 10 rings (SSSR count). The van der Waals surface area contributed by atoms with Crippen LogP contribution in [0.3, 0.4) is 0 Å². The van der Waals surface area contributed by atoms with Gasteiger partial charge < -0.3 is 4.74 Å². The average Bonchev–Trinajstić information content (AvgIpc) is 0.829. The molecule has 612 valence electrons. The third kappa shape index (κ3) is 57.5. The van der Waals surface area contributed by atoms with Gasteiger partial charge in [0.15, 0.2) is 0 Å². The molecular weight excluding hydrogens is 1410 g/mol. The van der Waals surface area contributed by atoms with E-state index in [-0.39, 0.29) is 11.2 Å². The van der Waals surface area contributed by atoms with Crippen molar-refractivity contribution in [2.75, 3.05) is 7.11 Å². The van der Waals surface area contributed by atoms with Crippen LogP contribution in [0.5, 0.6) is 5.75 Å². The number of ether oxygens (including phenoxy) is 1. The van der Waals surface area contributed by atoms with Gasteiger partial charge in [-0.25, -0.2) is 4.39 Å². The Bertz CT molecular complexity index is 3680. The Balaban J connectivity index is 0.000000623. The molecule has 0 aliphatic carbocycles. The lowest BCUT2D eigenvalue weighted by Gasteiger charge is -2.19. The molecule has 0 spiro atoms. The fourth-order valence-electron chi connectivity index (χ4n) is 11.6. The van der Waals surface area contributed by atoms with Crippen molar-refractivity contribution in [3.05, 3.63) is 344 Å². The second-order valence-corrected chi connectivity index (χ2v) is 36.4. The van der Waals surface area contributed by atoms with Crippen LogP contribution in [0.4, 0.5) is 4.39 Å². The molecule has 10 aromatic rings. The standard InChI is InChI=1S/C14H22.C13H20.C11H16O.C11H16.2C10H13Cl.C10H13F.C10H14.C9H13N.C9H12/c1-11(2)10-12-6-8-13(9-7-12)14(3,4)5;1-13(2,3)11-7-10-12-8-5-4-6-9-12;1-9(2)8-10-4-6-11(12-3)7-5-10;1-10(2)8-9-11-6-4-3-5-7-11;1-8(2)7-9-3-5-10(11)6-4-9;1-8(2)7-9-5-3-4-6-10(9)11;1-8(2)7-9-3-5-10(11)6-4-9;1-9(2)8-10-6-4-3-5-7-10;1-8(2)6-9-4-3-5-10-7-9;1-8(2)9-6-4-3-5-7-9/h6-9,11H,10H2,1-5H3;4-6,8-9H,7,10-11H2,1-3H3;4-7,9H,8H2,1-3H3;3-7,10H,8-9H2,1-2H3;3*3-6,8H,7H2,1-2H3;3-7,9H,8H2,1-2H3;3-5,7-8H,6H2,1-2H3;3-8H,1-2H3. The fraction of sp³-hybridized carbons (Fsp3) is 0.449. The minimum atomic E-state index is -0.155. The normalized spacial score (nSPS) is 10.8. The fourth-order valence-corrected chi connectivity index (χ4v) is 12.0. The second-order valence-electron chi connectivity index (χ2n) is 35.6. The number of pyridine rings is 1. The minimum absolute atomic E-state index is 0.155. The predicted molar refractivity (Wildman–Crippen MR) is 497 cm³/mol. The van der Waals surface area contributed by atoms with Crippen molar-refractivity contribution in [2.45, 2.75) is 255 Å². The summed E-state index contributed by atoms with van der Waals surface area (Å²) in [4.78, 5) is 4.04. The van der Waals surface area contributed by atoms with Crippen LogP contribution in [0.2, 0.25) is 10.0 Å². The molecule has 9 aromatic carbocycles. The number of rotatable bonds is 22. The number of methoxy groups -OCH3 is 1. The zero-order valence-corrected chi connectivity index (χ0v) is 76.1. The molecule has 0 bridgehead atoms. The predicted octanol–water partition coefficient (Wildman–Crippen LogP) is 32.5. The van der Waals surface area contributed by atoms with Gasteiger partial charge in [-0.05, 0) is 251 Å². The van der Waals surface area contributed by atoms with Crippen LogP contribution in [0.15, 0.2) is 267 Å². The molecule has 0 fully saturated rings. The summed E-state index contributed by atoms with van der Waals surface area (Å²) in [6.07, 6.45) is 18.0. The molecule has 5 heteroatoms. The number of halogens is 3. The first-order valence-electron chi connectivity index (χ1n) is 41.9. The molecule has 0 saturated carbocycles. The highest BCUT2D eigenvalue weighted by molar-refractivity contribution is 6.31. The summed E-state index contributed by atoms with van der Waals surface area (Å²) >= 11 is 11.7. The van der Waals surface area contributed by atoms with E-state index in [1.807, 2.05) is 79.1 Å². The average molecular weight is 1560 g/mol. The topological polar surface area (TPSA) is 22.1 Å². The largest absolute Gasteiger partial charge is 0.497 e. The van der Waals surface area contributed by atoms with E-state index >= 15 is 0 Å². The van der Waals surface area contributed by atoms with Crippen molar-refractivity contribution in [3.63, 3.8) is 0 Å². The Labute approximate surface area is 697 Å². The maximum atomic E-state index is 12.4. The summed E-state index contributed by atoms with van der Waals surface area (Å²) in [5.74, 6) is 7.24. The highest BCUT2D eigenvalue weighted by Crippen LogP contribution is 2.25. The number of aryl methyl sites for hydroxylation is 2. The molecular formula is C107H152Cl2FNO. The molecule has 0 aliphatic heterocycles. The van der Waals surface area contributed by atoms with Crippen LogP contribution in [0.1, 0.15) is 253 Å². The molecule has 2 nitrogen and oxygen atoms in total. The molecule has 1 heterocycles. The summed E-state index contributed by atoms with van der Waals surface area (Å²) in [6, 6.07) is 86.8. The van der Waals surface area contributed by atoms with Gasteiger partial charge in [0.25, 0.3) is 0 Å². The van der Waals surface area contributed by atoms with E-state index in [9.17, 15) is 4.39 Å². The van der Waals surface area contributed by atoms with Gasteiger partial charge in [0, 0.05) is 22.4 Å². The van der Waals surface area contributed by atoms with Crippen molar-refractivity contribution in [3.8, 4) is 5.75 Å². The van der Waals surface area contributed by atoms with Crippen molar-refractivity contribution in [1.82, 2.24) is 4.98 Å². The van der Waals surface area contributed by atoms with Gasteiger partial charge in [-0.3, -0.25) is 4.98 Å². The quantitative estimate of drug-likeness (QED) is 0.0675. The lowest BCUT2D eigenvalue weighted by Crippen LogP contribution is -2.10. The highest BCUT2D eigenvalue weighted by atomic mass is 35.5. The van der Waals surface area contributed by atoms with E-state index in [4.69, 9.17) is 27.9 Å². The van der Waals surface area contributed by atoms with Gasteiger partial charge in [-0.2, -0.15) is 0 Å². The summed E-state index contributed by atoms with van der Waals surface area (Å²) in [6.45, 7) is 53.6. The van der Waals surface area contributed by atoms with Crippen LogP contribution in [-0.4, -0.2) is 12.1 Å². The van der Waals surface area contributed by atoms with E-state index in [0.717, 1.165) is 83.4 Å². The number of nitrogens with zero attached hydrogens (tertiary/aromatic N) is 1. The first kappa shape index (κ1) is 102. The SMILES string of the molecule is CC(C)(C)CCCc1ccccc1.CC(C)CCc1ccccc1.CC(C)Cc1ccc(C(C)(C)C)cc1.CC(C)Cc1ccc(Cl)cc1.CC(C)Cc1ccc(F)cc1.CC(C)Cc1ccccc1.CC(C)Cc1ccccc1Cl.CC(C)Cc1cccnc1.CC(C)c1ccccc1.COc1ccc(CC(C)C)cc1. The van der Waals surface area contributed by atoms with Crippen LogP contribution >= 0.6 is 23.2 Å². The number of hydrogen-bond donors (Lipinski definition) is 0. The van der Waals surface area contributed by atoms with Gasteiger partial charge >= 0.3 is 0 Å². The first-order chi connectivity index (χ1) is 52.9. The van der Waals surface area contributed by atoms with Crippen molar-refractivity contribution >= 4 is 23.2 Å². The highest BCUT2D eigenvalue weighted by Gasteiger charge is 2.13. The van der Waals surface area contributed by atoms with Gasteiger partial charge in [-0.1, -0.05) is 396 Å². The number of benzene rings is 9. The molecule has 112 heavy (non-hydrogen) atoms. The van der Waals surface area contributed by atoms with Crippen LogP contribution < -0.4 is 4.74 Å². The van der Waals surface area contributed by atoms with Crippen LogP contribution in [0.25, 0.3) is 0 Å². The lowest BCUT2D eigenvalue weighted by atomic mass is 9.86. The molecule has 0 atom stereocenters. The van der Waals surface area contributed by atoms with Gasteiger partial charge in [0.1, 0.15) is 11.6 Å². The van der Waals surface area contributed by atoms with Gasteiger partial charge in [-0.15, -0.1) is 0 Å². The maximum absolute atomic E-state index is 12.4. The third-order valence-corrected chi connectivity index (χ3v) is 18.0. The van der Waals surface area contributed by atoms with E-state index in [2.05, 4.69) is 347 Å². The Hall–Kier alpha value is -7.56. The smallest absolute Gasteiger partial charge is 0.123 e. The van der Waals surface area contributed by atoms with Gasteiger partial charge in [0.2, 0.25) is 0 Å². The van der Waals surface area contributed by atoms with E-state index in [1.54, 1.807) is 7.11 Å². The Morgan fingerprint density at radius 3 is 1.03 bits per heavy atom. The molecule has 0 saturated heterocycles. The van der Waals surface area contributed by atoms with Crippen molar-refractivity contribution in [1.29, 1.82) is 0 Å². The Kier molecular flexibility index (Phi) is 54.9. The monoisotopic (exact) mass is 1560 g/mol. The molecule has 0 amide bonds. The van der Waals surface area contributed by atoms with Crippen molar-refractivity contribution < 1.29 is 9.13 Å². The third-order valence-electron chi connectivity index (χ3n) is 17.4. The molecule has 0 N–H and O–H groups in total. The molecule has 0 radical (unpaired) electrons. The van der Waals surface area contributed by atoms with Gasteiger partial charge in [0.05, 0.1) is 7.11 Å². The number of aromatic nitrogens is 1. The van der Waals surface area contributed by atoms with Crippen molar-refractivity contribution in [2.24, 2.45) is 52.8 Å². The minimum Gasteiger partial charge on any atom is -0.497 e. The second kappa shape index (κ2) is 60.1. The summed E-state index contributed by atoms with van der Waals surface area (Å²) in [5, 5.41) is 1.71. The Morgan fingerprint density at radius 1 is 0.339 bits per heavy atom. The number of hydrogen-bond acceptors (Lipinski definition) is 2. The summed E-state index contributed by atoms with van der Waals surface area (Å²) in [5.41, 5.74) is 15.9. The summed E-state index contributed by atoms with van der Waals surface area (Å²) in [7, 11) is 1.69. The molecule has 0 aliphatic rings. The van der Waals surface area contributed by atoms with E-state index < -0.39 is 0 Å². The lowest BCUT2D eigenvalue weighted by molar-refractivity contribution is 0.365. The summed E-state index contributed by atoms with van der Waals surface area (Å²) < 4.78 is 17.5.